The van der Waals surface area contributed by atoms with Gasteiger partial charge in [0.1, 0.15) is 11.9 Å². The zero-order valence-electron chi connectivity index (χ0n) is 12.8. The number of ketones is 1. The van der Waals surface area contributed by atoms with E-state index < -0.39 is 0 Å². The lowest BCUT2D eigenvalue weighted by Crippen LogP contribution is -2.17. The van der Waals surface area contributed by atoms with Gasteiger partial charge in [-0.15, -0.1) is 0 Å². The molecule has 3 rings (SSSR count). The van der Waals surface area contributed by atoms with Gasteiger partial charge in [-0.2, -0.15) is 0 Å². The topological polar surface area (TPSA) is 26.3 Å². The van der Waals surface area contributed by atoms with Crippen molar-refractivity contribution in [2.24, 2.45) is 0 Å². The summed E-state index contributed by atoms with van der Waals surface area (Å²) < 4.78 is 18.8. The Kier molecular flexibility index (Phi) is 4.49. The lowest BCUT2D eigenvalue weighted by atomic mass is 9.89. The molecule has 0 radical (unpaired) electrons. The molecule has 1 aliphatic carbocycles. The van der Waals surface area contributed by atoms with Gasteiger partial charge in [-0.1, -0.05) is 36.4 Å². The summed E-state index contributed by atoms with van der Waals surface area (Å²) in [6.07, 6.45) is 5.31. The number of benzene rings is 2. The molecule has 0 bridgehead atoms. The third kappa shape index (κ3) is 3.30. The lowest BCUT2D eigenvalue weighted by Gasteiger charge is -2.23. The molecule has 0 fully saturated rings. The van der Waals surface area contributed by atoms with E-state index in [2.05, 4.69) is 0 Å². The van der Waals surface area contributed by atoms with Gasteiger partial charge >= 0.3 is 0 Å². The number of ether oxygens (including phenoxy) is 1. The van der Waals surface area contributed by atoms with Gasteiger partial charge in [0.05, 0.1) is 0 Å². The minimum Gasteiger partial charge on any atom is -0.370 e. The van der Waals surface area contributed by atoms with Crippen molar-refractivity contribution in [3.8, 4) is 0 Å². The molecule has 0 saturated carbocycles. The average Bonchev–Trinajstić information content (AvgIpc) is 2.57. The van der Waals surface area contributed by atoms with Crippen molar-refractivity contribution in [3.05, 3.63) is 83.2 Å². The van der Waals surface area contributed by atoms with E-state index in [1.54, 1.807) is 6.08 Å². The second kappa shape index (κ2) is 6.71. The zero-order chi connectivity index (χ0) is 16.2. The Balaban J connectivity index is 2.01. The van der Waals surface area contributed by atoms with Crippen LogP contribution in [-0.4, -0.2) is 18.5 Å². The number of hydrogen-bond acceptors (Lipinski definition) is 2. The lowest BCUT2D eigenvalue weighted by molar-refractivity contribution is 0.104. The summed E-state index contributed by atoms with van der Waals surface area (Å²) in [7, 11) is 0. The summed E-state index contributed by atoms with van der Waals surface area (Å²) >= 11 is 0. The fourth-order valence-corrected chi connectivity index (χ4v) is 2.68. The van der Waals surface area contributed by atoms with Gasteiger partial charge in [-0.05, 0) is 54.0 Å². The molecule has 23 heavy (non-hydrogen) atoms. The van der Waals surface area contributed by atoms with Crippen LogP contribution in [0, 0.1) is 5.82 Å². The first-order valence-corrected chi connectivity index (χ1v) is 7.59. The Morgan fingerprint density at radius 2 is 1.91 bits per heavy atom. The first kappa shape index (κ1) is 15.4. The van der Waals surface area contributed by atoms with Crippen molar-refractivity contribution < 1.29 is 13.9 Å². The van der Waals surface area contributed by atoms with Gasteiger partial charge in [-0.25, -0.2) is 4.39 Å². The SMILES string of the molecule is CCO[C@@H]1C=Cc2ccccc2/C1=C\C(=O)c1ccc(F)cc1. The van der Waals surface area contributed by atoms with Gasteiger partial charge in [0.15, 0.2) is 5.78 Å². The predicted molar refractivity (Wildman–Crippen MR) is 89.6 cm³/mol. The van der Waals surface area contributed by atoms with Crippen molar-refractivity contribution in [3.63, 3.8) is 0 Å². The standard InChI is InChI=1S/C20H17FO2/c1-2-23-20-12-9-14-5-3-4-6-17(14)18(20)13-19(22)15-7-10-16(21)11-8-15/h3-13,20H,2H2,1H3/b18-13+/t20-/m1/s1. The second-order valence-electron chi connectivity index (χ2n) is 5.29. The smallest absolute Gasteiger partial charge is 0.186 e. The third-order valence-electron chi connectivity index (χ3n) is 3.79. The largest absolute Gasteiger partial charge is 0.370 e. The van der Waals surface area contributed by atoms with Crippen LogP contribution in [0.1, 0.15) is 28.4 Å². The molecule has 0 unspecified atom stereocenters. The van der Waals surface area contributed by atoms with Crippen LogP contribution in [0.3, 0.4) is 0 Å². The van der Waals surface area contributed by atoms with Crippen LogP contribution >= 0.6 is 0 Å². The molecular weight excluding hydrogens is 291 g/mol. The molecule has 0 aliphatic heterocycles. The van der Waals surface area contributed by atoms with Gasteiger partial charge < -0.3 is 4.74 Å². The van der Waals surface area contributed by atoms with Crippen LogP contribution in [0.25, 0.3) is 11.6 Å². The molecule has 2 aromatic rings. The van der Waals surface area contributed by atoms with E-state index in [1.807, 2.05) is 43.3 Å². The molecule has 0 N–H and O–H groups in total. The maximum absolute atomic E-state index is 13.0. The Hall–Kier alpha value is -2.52. The Labute approximate surface area is 134 Å². The highest BCUT2D eigenvalue weighted by molar-refractivity contribution is 6.09. The Morgan fingerprint density at radius 1 is 1.17 bits per heavy atom. The number of rotatable bonds is 4. The normalized spacial score (nSPS) is 18.0. The molecule has 2 aromatic carbocycles. The van der Waals surface area contributed by atoms with E-state index in [-0.39, 0.29) is 17.7 Å². The summed E-state index contributed by atoms with van der Waals surface area (Å²) in [6, 6.07) is 13.5. The third-order valence-corrected chi connectivity index (χ3v) is 3.79. The molecule has 3 heteroatoms. The first-order chi connectivity index (χ1) is 11.2. The van der Waals surface area contributed by atoms with E-state index in [9.17, 15) is 9.18 Å². The number of carbonyl (C=O) groups excluding carboxylic acids is 1. The highest BCUT2D eigenvalue weighted by Gasteiger charge is 2.21. The molecule has 0 saturated heterocycles. The van der Waals surface area contributed by atoms with Crippen molar-refractivity contribution in [1.82, 2.24) is 0 Å². The Bertz CT molecular complexity index is 772. The van der Waals surface area contributed by atoms with Crippen molar-refractivity contribution in [2.75, 3.05) is 6.61 Å². The second-order valence-corrected chi connectivity index (χ2v) is 5.29. The summed E-state index contributed by atoms with van der Waals surface area (Å²) in [5.74, 6) is -0.512. The van der Waals surface area contributed by atoms with Crippen LogP contribution in [0.4, 0.5) is 4.39 Å². The van der Waals surface area contributed by atoms with E-state index >= 15 is 0 Å². The van der Waals surface area contributed by atoms with Gasteiger partial charge in [0, 0.05) is 12.2 Å². The van der Waals surface area contributed by atoms with Crippen LogP contribution in [0.2, 0.25) is 0 Å². The molecule has 116 valence electrons. The van der Waals surface area contributed by atoms with Gasteiger partial charge in [-0.3, -0.25) is 4.79 Å². The molecule has 1 atom stereocenters. The predicted octanol–water partition coefficient (Wildman–Crippen LogP) is 4.52. The van der Waals surface area contributed by atoms with Crippen LogP contribution in [-0.2, 0) is 4.74 Å². The monoisotopic (exact) mass is 308 g/mol. The molecule has 1 aliphatic rings. The Morgan fingerprint density at radius 3 is 2.65 bits per heavy atom. The van der Waals surface area contributed by atoms with Crippen LogP contribution in [0.15, 0.2) is 60.7 Å². The minimum atomic E-state index is -0.354. The number of halogens is 1. The quantitative estimate of drug-likeness (QED) is 0.613. The summed E-state index contributed by atoms with van der Waals surface area (Å²) in [5.41, 5.74) is 3.34. The number of fused-ring (bicyclic) bond motifs is 1. The van der Waals surface area contributed by atoms with E-state index in [0.29, 0.717) is 12.2 Å². The number of hydrogen-bond donors (Lipinski definition) is 0. The highest BCUT2D eigenvalue weighted by Crippen LogP contribution is 2.31. The highest BCUT2D eigenvalue weighted by atomic mass is 19.1. The van der Waals surface area contributed by atoms with Crippen molar-refractivity contribution >= 4 is 17.4 Å². The van der Waals surface area contributed by atoms with E-state index in [4.69, 9.17) is 4.74 Å². The van der Waals surface area contributed by atoms with Crippen LogP contribution in [0.5, 0.6) is 0 Å². The first-order valence-electron chi connectivity index (χ1n) is 7.59. The summed E-state index contributed by atoms with van der Waals surface area (Å²) in [4.78, 5) is 12.5. The van der Waals surface area contributed by atoms with Crippen molar-refractivity contribution in [1.29, 1.82) is 0 Å². The van der Waals surface area contributed by atoms with Crippen LogP contribution < -0.4 is 0 Å². The summed E-state index contributed by atoms with van der Waals surface area (Å²) in [5, 5.41) is 0. The average molecular weight is 308 g/mol. The fourth-order valence-electron chi connectivity index (χ4n) is 2.68. The molecule has 2 nitrogen and oxygen atoms in total. The van der Waals surface area contributed by atoms with Gasteiger partial charge in [0.25, 0.3) is 0 Å². The van der Waals surface area contributed by atoms with Gasteiger partial charge in [0.2, 0.25) is 0 Å². The summed E-state index contributed by atoms with van der Waals surface area (Å²) in [6.45, 7) is 2.48. The molecule has 0 aromatic heterocycles. The maximum Gasteiger partial charge on any atom is 0.186 e. The van der Waals surface area contributed by atoms with E-state index in [0.717, 1.165) is 16.7 Å². The molecule has 0 heterocycles. The zero-order valence-corrected chi connectivity index (χ0v) is 12.8. The number of allylic oxidation sites excluding steroid dienone is 1. The minimum absolute atomic E-state index is 0.158. The maximum atomic E-state index is 13.0. The number of carbonyl (C=O) groups is 1. The molecule has 0 amide bonds. The molecular formula is C20H17FO2. The van der Waals surface area contributed by atoms with E-state index in [1.165, 1.54) is 24.3 Å². The van der Waals surface area contributed by atoms with Crippen molar-refractivity contribution in [2.45, 2.75) is 13.0 Å². The molecule has 0 spiro atoms. The fraction of sp³-hybridized carbons (Fsp3) is 0.150.